The molecule has 0 spiro atoms. The first kappa shape index (κ1) is 18.2. The lowest BCUT2D eigenvalue weighted by molar-refractivity contribution is 0.0279. The molecule has 0 saturated carbocycles. The molecule has 1 atom stereocenters. The zero-order valence-electron chi connectivity index (χ0n) is 12.7. The molecule has 0 aliphatic heterocycles. The van der Waals surface area contributed by atoms with Crippen molar-refractivity contribution in [3.05, 3.63) is 35.9 Å². The summed E-state index contributed by atoms with van der Waals surface area (Å²) in [6.45, 7) is 6.68. The van der Waals surface area contributed by atoms with E-state index in [9.17, 15) is 4.79 Å². The fraction of sp³-hybridized carbons (Fsp3) is 0.533. The van der Waals surface area contributed by atoms with Gasteiger partial charge in [-0.2, -0.15) is 0 Å². The van der Waals surface area contributed by atoms with E-state index >= 15 is 0 Å². The topological polar surface area (TPSA) is 64.8 Å². The highest BCUT2D eigenvalue weighted by Crippen LogP contribution is 2.15. The third kappa shape index (κ3) is 7.10. The SMILES string of the molecule is CC(C)(C)OC(=O)N(I)C(CN)COCc1ccccc1. The van der Waals surface area contributed by atoms with Crippen molar-refractivity contribution >= 4 is 29.0 Å². The van der Waals surface area contributed by atoms with Crippen LogP contribution in [0.15, 0.2) is 30.3 Å². The number of halogens is 1. The number of carbonyl (C=O) groups excluding carboxylic acids is 1. The molecule has 0 fully saturated rings. The van der Waals surface area contributed by atoms with Crippen LogP contribution in [0.3, 0.4) is 0 Å². The number of rotatable bonds is 6. The summed E-state index contributed by atoms with van der Waals surface area (Å²) in [5, 5.41) is 0. The van der Waals surface area contributed by atoms with Crippen molar-refractivity contribution in [1.29, 1.82) is 0 Å². The van der Waals surface area contributed by atoms with Crippen LogP contribution in [-0.2, 0) is 16.1 Å². The van der Waals surface area contributed by atoms with Crippen LogP contribution in [0.1, 0.15) is 26.3 Å². The van der Waals surface area contributed by atoms with Gasteiger partial charge >= 0.3 is 6.09 Å². The van der Waals surface area contributed by atoms with Crippen molar-refractivity contribution in [2.45, 2.75) is 39.0 Å². The summed E-state index contributed by atoms with van der Waals surface area (Å²) in [6.07, 6.45) is -0.401. The van der Waals surface area contributed by atoms with E-state index in [2.05, 4.69) is 0 Å². The summed E-state index contributed by atoms with van der Waals surface area (Å²) < 4.78 is 12.4. The zero-order chi connectivity index (χ0) is 15.9. The second-order valence-corrected chi connectivity index (χ2v) is 6.72. The highest BCUT2D eigenvalue weighted by molar-refractivity contribution is 14.1. The van der Waals surface area contributed by atoms with Crippen LogP contribution >= 0.6 is 22.9 Å². The van der Waals surface area contributed by atoms with Gasteiger partial charge in [-0.15, -0.1) is 0 Å². The summed E-state index contributed by atoms with van der Waals surface area (Å²) in [7, 11) is 0. The summed E-state index contributed by atoms with van der Waals surface area (Å²) in [5.74, 6) is 0. The predicted molar refractivity (Wildman–Crippen MR) is 91.0 cm³/mol. The molecule has 0 aliphatic rings. The Morgan fingerprint density at radius 3 is 2.48 bits per heavy atom. The second kappa shape index (κ2) is 8.55. The van der Waals surface area contributed by atoms with Gasteiger partial charge in [-0.25, -0.2) is 7.91 Å². The van der Waals surface area contributed by atoms with Crippen LogP contribution in [0.25, 0.3) is 0 Å². The third-order valence-corrected chi connectivity index (χ3v) is 3.76. The molecular weight excluding hydrogens is 383 g/mol. The average molecular weight is 406 g/mol. The first-order valence-corrected chi connectivity index (χ1v) is 7.79. The van der Waals surface area contributed by atoms with Gasteiger partial charge < -0.3 is 15.2 Å². The third-order valence-electron chi connectivity index (χ3n) is 2.58. The molecule has 21 heavy (non-hydrogen) atoms. The van der Waals surface area contributed by atoms with Crippen molar-refractivity contribution in [3.8, 4) is 0 Å². The van der Waals surface area contributed by atoms with Crippen LogP contribution in [-0.4, -0.2) is 34.0 Å². The molecule has 1 unspecified atom stereocenters. The van der Waals surface area contributed by atoms with Crippen LogP contribution in [0.2, 0.25) is 0 Å². The van der Waals surface area contributed by atoms with Crippen LogP contribution in [0, 0.1) is 0 Å². The molecule has 1 rings (SSSR count). The number of amides is 1. The molecule has 1 aromatic rings. The zero-order valence-corrected chi connectivity index (χ0v) is 14.9. The van der Waals surface area contributed by atoms with Crippen LogP contribution in [0.5, 0.6) is 0 Å². The lowest BCUT2D eigenvalue weighted by Gasteiger charge is -2.28. The van der Waals surface area contributed by atoms with Gasteiger partial charge in [0.05, 0.1) is 42.1 Å². The molecule has 1 aromatic carbocycles. The van der Waals surface area contributed by atoms with E-state index in [-0.39, 0.29) is 6.04 Å². The van der Waals surface area contributed by atoms with E-state index in [1.807, 2.05) is 74.0 Å². The average Bonchev–Trinajstić information content (AvgIpc) is 2.42. The quantitative estimate of drug-likeness (QED) is 0.583. The molecule has 0 radical (unpaired) electrons. The number of hydrogen-bond donors (Lipinski definition) is 1. The summed E-state index contributed by atoms with van der Waals surface area (Å²) in [5.41, 5.74) is 6.29. The normalized spacial score (nSPS) is 12.8. The molecule has 0 bridgehead atoms. The van der Waals surface area contributed by atoms with E-state index in [1.165, 1.54) is 3.11 Å². The fourth-order valence-corrected chi connectivity index (χ4v) is 2.05. The van der Waals surface area contributed by atoms with Gasteiger partial charge in [0.2, 0.25) is 0 Å². The minimum atomic E-state index is -0.523. The smallest absolute Gasteiger partial charge is 0.419 e. The molecule has 0 aromatic heterocycles. The number of ether oxygens (including phenoxy) is 2. The Morgan fingerprint density at radius 2 is 1.95 bits per heavy atom. The summed E-state index contributed by atoms with van der Waals surface area (Å²) in [6, 6.07) is 9.65. The number of carbonyl (C=O) groups is 1. The van der Waals surface area contributed by atoms with E-state index in [1.54, 1.807) is 0 Å². The van der Waals surface area contributed by atoms with E-state index in [0.717, 1.165) is 5.56 Å². The molecule has 0 saturated heterocycles. The van der Waals surface area contributed by atoms with Gasteiger partial charge in [-0.05, 0) is 26.3 Å². The van der Waals surface area contributed by atoms with E-state index in [0.29, 0.717) is 19.8 Å². The highest BCUT2D eigenvalue weighted by atomic mass is 127. The molecular formula is C15H23IN2O3. The standard InChI is InChI=1S/C15H23IN2O3/c1-15(2,3)21-14(19)18(16)13(9-17)11-20-10-12-7-5-4-6-8-12/h4-8,13H,9-11,17H2,1-3H3. The minimum absolute atomic E-state index is 0.218. The van der Waals surface area contributed by atoms with Gasteiger partial charge in [-0.1, -0.05) is 30.3 Å². The molecule has 118 valence electrons. The van der Waals surface area contributed by atoms with Gasteiger partial charge in [-0.3, -0.25) is 0 Å². The lowest BCUT2D eigenvalue weighted by atomic mass is 10.2. The van der Waals surface area contributed by atoms with Gasteiger partial charge in [0.15, 0.2) is 0 Å². The Balaban J connectivity index is 2.45. The molecule has 6 heteroatoms. The lowest BCUT2D eigenvalue weighted by Crippen LogP contribution is -2.43. The number of nitrogens with zero attached hydrogens (tertiary/aromatic N) is 1. The Kier molecular flexibility index (Phi) is 7.41. The Bertz CT molecular complexity index is 434. The highest BCUT2D eigenvalue weighted by Gasteiger charge is 2.26. The first-order chi connectivity index (χ1) is 9.83. The molecule has 0 heterocycles. The molecule has 0 aliphatic carbocycles. The van der Waals surface area contributed by atoms with Crippen LogP contribution < -0.4 is 5.73 Å². The van der Waals surface area contributed by atoms with Gasteiger partial charge in [0, 0.05) is 6.54 Å². The first-order valence-electron chi connectivity index (χ1n) is 6.83. The van der Waals surface area contributed by atoms with Gasteiger partial charge in [0.25, 0.3) is 0 Å². The largest absolute Gasteiger partial charge is 0.443 e. The Labute approximate surface area is 140 Å². The number of nitrogens with two attached hydrogens (primary N) is 1. The van der Waals surface area contributed by atoms with Crippen molar-refractivity contribution in [1.82, 2.24) is 3.11 Å². The molecule has 5 nitrogen and oxygen atoms in total. The summed E-state index contributed by atoms with van der Waals surface area (Å²) >= 11 is 1.92. The maximum absolute atomic E-state index is 12.0. The Morgan fingerprint density at radius 1 is 1.33 bits per heavy atom. The number of hydrogen-bond acceptors (Lipinski definition) is 4. The monoisotopic (exact) mass is 406 g/mol. The van der Waals surface area contributed by atoms with Crippen molar-refractivity contribution in [2.24, 2.45) is 5.73 Å². The Hall–Kier alpha value is -0.860. The molecule has 1 amide bonds. The van der Waals surface area contributed by atoms with Gasteiger partial charge in [0.1, 0.15) is 5.60 Å². The van der Waals surface area contributed by atoms with Crippen molar-refractivity contribution in [3.63, 3.8) is 0 Å². The van der Waals surface area contributed by atoms with Crippen molar-refractivity contribution < 1.29 is 14.3 Å². The fourth-order valence-electron chi connectivity index (χ4n) is 1.57. The minimum Gasteiger partial charge on any atom is -0.443 e. The second-order valence-electron chi connectivity index (χ2n) is 5.68. The molecule has 2 N–H and O–H groups in total. The number of benzene rings is 1. The maximum Gasteiger partial charge on any atom is 0.419 e. The van der Waals surface area contributed by atoms with E-state index < -0.39 is 11.7 Å². The maximum atomic E-state index is 12.0. The van der Waals surface area contributed by atoms with Crippen molar-refractivity contribution in [2.75, 3.05) is 13.2 Å². The predicted octanol–water partition coefficient (Wildman–Crippen LogP) is 3.12. The summed E-state index contributed by atoms with van der Waals surface area (Å²) in [4.78, 5) is 12.0. The van der Waals surface area contributed by atoms with E-state index in [4.69, 9.17) is 15.2 Å². The van der Waals surface area contributed by atoms with Crippen LogP contribution in [0.4, 0.5) is 4.79 Å².